The van der Waals surface area contributed by atoms with Crippen molar-refractivity contribution < 1.29 is 4.79 Å². The molecule has 0 spiro atoms. The summed E-state index contributed by atoms with van der Waals surface area (Å²) in [6, 6.07) is 18.3. The van der Waals surface area contributed by atoms with Gasteiger partial charge in [-0.15, -0.1) is 0 Å². The molecule has 0 N–H and O–H groups in total. The summed E-state index contributed by atoms with van der Waals surface area (Å²) < 4.78 is 0. The van der Waals surface area contributed by atoms with Crippen LogP contribution in [0.5, 0.6) is 0 Å². The number of hydrogen-bond donors (Lipinski definition) is 0. The minimum atomic E-state index is 0.222. The average molecular weight is 270 g/mol. The number of carbonyl (C=O) groups is 1. The SMILES string of the molecule is Cc1ccc(SC(=O)CC(C)c2ccccc2)cc1. The van der Waals surface area contributed by atoms with Gasteiger partial charge < -0.3 is 0 Å². The minimum absolute atomic E-state index is 0.222. The van der Waals surface area contributed by atoms with Crippen LogP contribution in [0.4, 0.5) is 0 Å². The van der Waals surface area contributed by atoms with E-state index >= 15 is 0 Å². The van der Waals surface area contributed by atoms with Gasteiger partial charge >= 0.3 is 0 Å². The molecular formula is C17H18OS. The van der Waals surface area contributed by atoms with Gasteiger partial charge in [0.25, 0.3) is 0 Å². The maximum Gasteiger partial charge on any atom is 0.194 e. The zero-order chi connectivity index (χ0) is 13.7. The van der Waals surface area contributed by atoms with Gasteiger partial charge in [0, 0.05) is 11.3 Å². The smallest absolute Gasteiger partial charge is 0.194 e. The van der Waals surface area contributed by atoms with Gasteiger partial charge in [-0.1, -0.05) is 66.7 Å². The average Bonchev–Trinajstić information content (AvgIpc) is 2.42. The Morgan fingerprint density at radius 1 is 1.05 bits per heavy atom. The summed E-state index contributed by atoms with van der Waals surface area (Å²) >= 11 is 1.34. The van der Waals surface area contributed by atoms with Gasteiger partial charge in [0.1, 0.15) is 0 Å². The summed E-state index contributed by atoms with van der Waals surface area (Å²) in [7, 11) is 0. The molecule has 2 heteroatoms. The zero-order valence-electron chi connectivity index (χ0n) is 11.3. The number of aryl methyl sites for hydroxylation is 1. The predicted octanol–water partition coefficient (Wildman–Crippen LogP) is 4.81. The summed E-state index contributed by atoms with van der Waals surface area (Å²) in [5, 5.41) is 0.222. The van der Waals surface area contributed by atoms with Crippen LogP contribution in [0.1, 0.15) is 30.4 Å². The van der Waals surface area contributed by atoms with Crippen molar-refractivity contribution in [2.75, 3.05) is 0 Å². The van der Waals surface area contributed by atoms with E-state index in [1.54, 1.807) is 0 Å². The van der Waals surface area contributed by atoms with Gasteiger partial charge in [-0.3, -0.25) is 4.79 Å². The van der Waals surface area contributed by atoms with Crippen LogP contribution in [0.25, 0.3) is 0 Å². The van der Waals surface area contributed by atoms with Crippen molar-refractivity contribution in [2.45, 2.75) is 31.1 Å². The van der Waals surface area contributed by atoms with Crippen molar-refractivity contribution in [3.63, 3.8) is 0 Å². The molecule has 2 aromatic rings. The molecule has 1 nitrogen and oxygen atoms in total. The molecule has 1 unspecified atom stereocenters. The lowest BCUT2D eigenvalue weighted by Crippen LogP contribution is -2.00. The molecule has 0 aromatic heterocycles. The molecule has 0 aliphatic rings. The molecule has 19 heavy (non-hydrogen) atoms. The maximum absolute atomic E-state index is 12.0. The number of thioether (sulfide) groups is 1. The van der Waals surface area contributed by atoms with E-state index in [-0.39, 0.29) is 11.0 Å². The second-order valence-electron chi connectivity index (χ2n) is 4.80. The van der Waals surface area contributed by atoms with Crippen molar-refractivity contribution >= 4 is 16.9 Å². The van der Waals surface area contributed by atoms with Crippen LogP contribution in [0.15, 0.2) is 59.5 Å². The lowest BCUT2D eigenvalue weighted by molar-refractivity contribution is -0.111. The van der Waals surface area contributed by atoms with E-state index in [0.717, 1.165) is 4.90 Å². The van der Waals surface area contributed by atoms with E-state index in [2.05, 4.69) is 19.1 Å². The van der Waals surface area contributed by atoms with Crippen LogP contribution in [0.2, 0.25) is 0 Å². The molecule has 0 saturated heterocycles. The first kappa shape index (κ1) is 13.9. The van der Waals surface area contributed by atoms with E-state index in [1.165, 1.54) is 22.9 Å². The zero-order valence-corrected chi connectivity index (χ0v) is 12.1. The fourth-order valence-electron chi connectivity index (χ4n) is 1.93. The van der Waals surface area contributed by atoms with Gasteiger partial charge in [0.15, 0.2) is 5.12 Å². The number of hydrogen-bond acceptors (Lipinski definition) is 2. The second-order valence-corrected chi connectivity index (χ2v) is 5.93. The van der Waals surface area contributed by atoms with E-state index in [1.807, 2.05) is 49.4 Å². The molecule has 0 amide bonds. The third kappa shape index (κ3) is 4.25. The van der Waals surface area contributed by atoms with Gasteiger partial charge in [-0.25, -0.2) is 0 Å². The minimum Gasteiger partial charge on any atom is -0.287 e. The van der Waals surface area contributed by atoms with Crippen molar-refractivity contribution in [1.82, 2.24) is 0 Å². The van der Waals surface area contributed by atoms with Crippen LogP contribution in [0.3, 0.4) is 0 Å². The highest BCUT2D eigenvalue weighted by Crippen LogP contribution is 2.26. The molecule has 2 rings (SSSR count). The summed E-state index contributed by atoms with van der Waals surface area (Å²) in [5.41, 5.74) is 2.44. The highest BCUT2D eigenvalue weighted by molar-refractivity contribution is 8.13. The second kappa shape index (κ2) is 6.58. The molecule has 1 atom stereocenters. The first-order valence-corrected chi connectivity index (χ1v) is 7.29. The van der Waals surface area contributed by atoms with Crippen molar-refractivity contribution in [1.29, 1.82) is 0 Å². The van der Waals surface area contributed by atoms with E-state index in [4.69, 9.17) is 0 Å². The van der Waals surface area contributed by atoms with Crippen molar-refractivity contribution in [3.05, 3.63) is 65.7 Å². The monoisotopic (exact) mass is 270 g/mol. The van der Waals surface area contributed by atoms with Gasteiger partial charge in [0.2, 0.25) is 0 Å². The Morgan fingerprint density at radius 2 is 1.68 bits per heavy atom. The molecular weight excluding hydrogens is 252 g/mol. The Hall–Kier alpha value is -1.54. The molecule has 0 aliphatic carbocycles. The molecule has 0 bridgehead atoms. The van der Waals surface area contributed by atoms with Gasteiger partial charge in [-0.05, 0) is 30.5 Å². The van der Waals surface area contributed by atoms with E-state index in [0.29, 0.717) is 6.42 Å². The fourth-order valence-corrected chi connectivity index (χ4v) is 2.80. The van der Waals surface area contributed by atoms with Crippen LogP contribution in [-0.2, 0) is 4.79 Å². The Morgan fingerprint density at radius 3 is 2.32 bits per heavy atom. The topological polar surface area (TPSA) is 17.1 Å². The van der Waals surface area contributed by atoms with Gasteiger partial charge in [-0.2, -0.15) is 0 Å². The summed E-state index contributed by atoms with van der Waals surface area (Å²) in [6.07, 6.45) is 0.572. The standard InChI is InChI=1S/C17H18OS/c1-13-8-10-16(11-9-13)19-17(18)12-14(2)15-6-4-3-5-7-15/h3-11,14H,12H2,1-2H3. The molecule has 98 valence electrons. The number of rotatable bonds is 4. The quantitative estimate of drug-likeness (QED) is 0.742. The number of carbonyl (C=O) groups excluding carboxylic acids is 1. The summed E-state index contributed by atoms with van der Waals surface area (Å²) in [5.74, 6) is 0.270. The molecule has 2 aromatic carbocycles. The number of benzene rings is 2. The first-order chi connectivity index (χ1) is 9.15. The lowest BCUT2D eigenvalue weighted by Gasteiger charge is -2.10. The molecule has 0 fully saturated rings. The predicted molar refractivity (Wildman–Crippen MR) is 81.5 cm³/mol. The largest absolute Gasteiger partial charge is 0.287 e. The van der Waals surface area contributed by atoms with Crippen LogP contribution >= 0.6 is 11.8 Å². The van der Waals surface area contributed by atoms with Crippen LogP contribution < -0.4 is 0 Å². The molecule has 0 heterocycles. The normalized spacial score (nSPS) is 12.1. The summed E-state index contributed by atoms with van der Waals surface area (Å²) in [6.45, 7) is 4.15. The Bertz CT molecular complexity index is 531. The van der Waals surface area contributed by atoms with E-state index in [9.17, 15) is 4.79 Å². The van der Waals surface area contributed by atoms with Crippen molar-refractivity contribution in [3.8, 4) is 0 Å². The third-order valence-electron chi connectivity index (χ3n) is 3.09. The first-order valence-electron chi connectivity index (χ1n) is 6.47. The maximum atomic E-state index is 12.0. The Balaban J connectivity index is 1.93. The van der Waals surface area contributed by atoms with Crippen molar-refractivity contribution in [2.24, 2.45) is 0 Å². The Labute approximate surface area is 119 Å². The third-order valence-corrected chi connectivity index (χ3v) is 4.00. The molecule has 0 radical (unpaired) electrons. The summed E-state index contributed by atoms with van der Waals surface area (Å²) in [4.78, 5) is 13.1. The van der Waals surface area contributed by atoms with Crippen LogP contribution in [0, 0.1) is 6.92 Å². The van der Waals surface area contributed by atoms with E-state index < -0.39 is 0 Å². The molecule has 0 saturated carbocycles. The Kier molecular flexibility index (Phi) is 4.80. The lowest BCUT2D eigenvalue weighted by atomic mass is 9.99. The molecule has 0 aliphatic heterocycles. The van der Waals surface area contributed by atoms with Gasteiger partial charge in [0.05, 0.1) is 0 Å². The van der Waals surface area contributed by atoms with Crippen LogP contribution in [-0.4, -0.2) is 5.12 Å². The fraction of sp³-hybridized carbons (Fsp3) is 0.235. The highest BCUT2D eigenvalue weighted by atomic mass is 32.2. The highest BCUT2D eigenvalue weighted by Gasteiger charge is 2.12.